The molecule has 1 aliphatic heterocycles. The van der Waals surface area contributed by atoms with E-state index in [-0.39, 0.29) is 0 Å². The zero-order valence-electron chi connectivity index (χ0n) is 7.69. The molecule has 3 heteroatoms. The van der Waals surface area contributed by atoms with E-state index in [4.69, 9.17) is 10.5 Å². The Hall–Kier alpha value is -1.77. The molecule has 0 atom stereocenters. The average molecular weight is 189 g/mol. The lowest BCUT2D eigenvalue weighted by atomic mass is 10.1. The molecule has 1 heterocycles. The van der Waals surface area contributed by atoms with E-state index in [1.54, 1.807) is 6.08 Å². The van der Waals surface area contributed by atoms with Crippen molar-refractivity contribution in [3.05, 3.63) is 35.4 Å². The van der Waals surface area contributed by atoms with Crippen molar-refractivity contribution in [3.8, 4) is 5.75 Å². The fourth-order valence-corrected chi connectivity index (χ4v) is 1.49. The second-order valence-corrected chi connectivity index (χ2v) is 3.20. The Morgan fingerprint density at radius 3 is 3.14 bits per heavy atom. The Morgan fingerprint density at radius 2 is 2.36 bits per heavy atom. The summed E-state index contributed by atoms with van der Waals surface area (Å²) < 4.78 is 5.36. The van der Waals surface area contributed by atoms with Crippen LogP contribution < -0.4 is 10.5 Å². The minimum absolute atomic E-state index is 0.429. The van der Waals surface area contributed by atoms with Gasteiger partial charge in [-0.2, -0.15) is 0 Å². The van der Waals surface area contributed by atoms with Crippen molar-refractivity contribution in [1.82, 2.24) is 0 Å². The Kier molecular flexibility index (Phi) is 2.23. The van der Waals surface area contributed by atoms with Gasteiger partial charge in [0.1, 0.15) is 5.75 Å². The standard InChI is InChI=1S/C11H11NO2/c12-11(13)4-2-8-1-3-10-9(7-8)5-6-14-10/h1-4,7H,5-6H2,(H2,12,13)/b4-2-. The summed E-state index contributed by atoms with van der Waals surface area (Å²) in [5, 5.41) is 0. The molecule has 0 aromatic heterocycles. The summed E-state index contributed by atoms with van der Waals surface area (Å²) in [5.74, 6) is 0.517. The number of benzene rings is 1. The number of rotatable bonds is 2. The molecular formula is C11H11NO2. The first kappa shape index (κ1) is 8.81. The summed E-state index contributed by atoms with van der Waals surface area (Å²) >= 11 is 0. The molecule has 0 spiro atoms. The van der Waals surface area contributed by atoms with Gasteiger partial charge < -0.3 is 10.5 Å². The molecule has 3 nitrogen and oxygen atoms in total. The summed E-state index contributed by atoms with van der Waals surface area (Å²) in [6.07, 6.45) is 4.01. The predicted molar refractivity (Wildman–Crippen MR) is 53.9 cm³/mol. The predicted octanol–water partition coefficient (Wildman–Crippen LogP) is 1.12. The van der Waals surface area contributed by atoms with E-state index < -0.39 is 5.91 Å². The Labute approximate surface area is 82.2 Å². The normalized spacial score (nSPS) is 14.0. The van der Waals surface area contributed by atoms with Gasteiger partial charge >= 0.3 is 0 Å². The quantitative estimate of drug-likeness (QED) is 0.709. The van der Waals surface area contributed by atoms with E-state index in [1.807, 2.05) is 18.2 Å². The maximum Gasteiger partial charge on any atom is 0.241 e. The Bertz CT molecular complexity index is 396. The number of amides is 1. The van der Waals surface area contributed by atoms with Gasteiger partial charge in [0, 0.05) is 12.5 Å². The van der Waals surface area contributed by atoms with Crippen LogP contribution in [0.4, 0.5) is 0 Å². The van der Waals surface area contributed by atoms with Gasteiger partial charge in [-0.1, -0.05) is 6.07 Å². The van der Waals surface area contributed by atoms with E-state index in [0.717, 1.165) is 24.3 Å². The first-order valence-corrected chi connectivity index (χ1v) is 4.49. The van der Waals surface area contributed by atoms with Crippen molar-refractivity contribution in [2.45, 2.75) is 6.42 Å². The molecule has 0 saturated heterocycles. The van der Waals surface area contributed by atoms with Crippen molar-refractivity contribution in [1.29, 1.82) is 0 Å². The first-order chi connectivity index (χ1) is 6.75. The van der Waals surface area contributed by atoms with E-state index in [1.165, 1.54) is 11.6 Å². The fraction of sp³-hybridized carbons (Fsp3) is 0.182. The number of nitrogens with two attached hydrogens (primary N) is 1. The molecule has 14 heavy (non-hydrogen) atoms. The lowest BCUT2D eigenvalue weighted by Crippen LogP contribution is -2.05. The van der Waals surface area contributed by atoms with Crippen molar-refractivity contribution in [2.75, 3.05) is 6.61 Å². The monoisotopic (exact) mass is 189 g/mol. The lowest BCUT2D eigenvalue weighted by molar-refractivity contribution is -0.113. The molecule has 72 valence electrons. The lowest BCUT2D eigenvalue weighted by Gasteiger charge is -1.98. The number of carbonyl (C=O) groups is 1. The summed E-state index contributed by atoms with van der Waals surface area (Å²) in [6, 6.07) is 5.84. The molecule has 0 unspecified atom stereocenters. The number of carbonyl (C=O) groups excluding carboxylic acids is 1. The first-order valence-electron chi connectivity index (χ1n) is 4.49. The van der Waals surface area contributed by atoms with E-state index in [0.29, 0.717) is 0 Å². The maximum absolute atomic E-state index is 10.5. The number of hydrogen-bond acceptors (Lipinski definition) is 2. The second kappa shape index (κ2) is 3.54. The van der Waals surface area contributed by atoms with Crippen LogP contribution in [-0.4, -0.2) is 12.5 Å². The Balaban J connectivity index is 2.25. The smallest absolute Gasteiger partial charge is 0.241 e. The molecule has 1 aromatic rings. The molecule has 0 aliphatic carbocycles. The zero-order chi connectivity index (χ0) is 9.97. The van der Waals surface area contributed by atoms with Crippen LogP contribution in [-0.2, 0) is 11.2 Å². The van der Waals surface area contributed by atoms with Gasteiger partial charge in [0.05, 0.1) is 6.61 Å². The topological polar surface area (TPSA) is 52.3 Å². The van der Waals surface area contributed by atoms with Crippen LogP contribution in [0.25, 0.3) is 6.08 Å². The molecule has 0 bridgehead atoms. The third-order valence-electron chi connectivity index (χ3n) is 2.15. The summed E-state index contributed by atoms with van der Waals surface area (Å²) in [7, 11) is 0. The Morgan fingerprint density at radius 1 is 1.50 bits per heavy atom. The van der Waals surface area contributed by atoms with Crippen molar-refractivity contribution in [2.24, 2.45) is 5.73 Å². The highest BCUT2D eigenvalue weighted by Gasteiger charge is 2.10. The molecule has 1 aromatic carbocycles. The number of hydrogen-bond donors (Lipinski definition) is 1. The van der Waals surface area contributed by atoms with Crippen molar-refractivity contribution in [3.63, 3.8) is 0 Å². The molecule has 2 rings (SSSR count). The van der Waals surface area contributed by atoms with Gasteiger partial charge in [0.15, 0.2) is 0 Å². The van der Waals surface area contributed by atoms with Gasteiger partial charge in [-0.3, -0.25) is 4.79 Å². The average Bonchev–Trinajstić information content (AvgIpc) is 2.61. The van der Waals surface area contributed by atoms with Crippen molar-refractivity contribution >= 4 is 12.0 Å². The van der Waals surface area contributed by atoms with Gasteiger partial charge in [0.2, 0.25) is 5.91 Å². The van der Waals surface area contributed by atoms with Gasteiger partial charge in [0.25, 0.3) is 0 Å². The molecule has 0 fully saturated rings. The van der Waals surface area contributed by atoms with Gasteiger partial charge in [-0.05, 0) is 29.3 Å². The van der Waals surface area contributed by atoms with E-state index in [2.05, 4.69) is 0 Å². The SMILES string of the molecule is NC(=O)/C=C\c1ccc2c(c1)CCO2. The van der Waals surface area contributed by atoms with Crippen LogP contribution >= 0.6 is 0 Å². The van der Waals surface area contributed by atoms with Crippen LogP contribution in [0.2, 0.25) is 0 Å². The van der Waals surface area contributed by atoms with Crippen LogP contribution in [0.3, 0.4) is 0 Å². The highest BCUT2D eigenvalue weighted by Crippen LogP contribution is 2.26. The minimum Gasteiger partial charge on any atom is -0.493 e. The van der Waals surface area contributed by atoms with Crippen LogP contribution in [0.1, 0.15) is 11.1 Å². The maximum atomic E-state index is 10.5. The summed E-state index contributed by atoms with van der Waals surface area (Å²) in [6.45, 7) is 0.748. The van der Waals surface area contributed by atoms with Gasteiger partial charge in [-0.25, -0.2) is 0 Å². The van der Waals surface area contributed by atoms with Crippen LogP contribution in [0, 0.1) is 0 Å². The second-order valence-electron chi connectivity index (χ2n) is 3.20. The highest BCUT2D eigenvalue weighted by atomic mass is 16.5. The van der Waals surface area contributed by atoms with Crippen LogP contribution in [0.5, 0.6) is 5.75 Å². The molecule has 1 amide bonds. The number of fused-ring (bicyclic) bond motifs is 1. The third kappa shape index (κ3) is 1.76. The van der Waals surface area contributed by atoms with Gasteiger partial charge in [-0.15, -0.1) is 0 Å². The summed E-state index contributed by atoms with van der Waals surface area (Å²) in [4.78, 5) is 10.5. The third-order valence-corrected chi connectivity index (χ3v) is 2.15. The van der Waals surface area contributed by atoms with Crippen molar-refractivity contribution < 1.29 is 9.53 Å². The molecule has 0 radical (unpaired) electrons. The molecule has 2 N–H and O–H groups in total. The van der Waals surface area contributed by atoms with E-state index >= 15 is 0 Å². The summed E-state index contributed by atoms with van der Waals surface area (Å²) in [5.41, 5.74) is 7.17. The molecule has 0 saturated carbocycles. The minimum atomic E-state index is -0.429. The van der Waals surface area contributed by atoms with Crippen LogP contribution in [0.15, 0.2) is 24.3 Å². The largest absolute Gasteiger partial charge is 0.493 e. The zero-order valence-corrected chi connectivity index (χ0v) is 7.69. The highest BCUT2D eigenvalue weighted by molar-refractivity contribution is 5.90. The number of primary amides is 1. The number of ether oxygens (including phenoxy) is 1. The molecular weight excluding hydrogens is 178 g/mol. The van der Waals surface area contributed by atoms with E-state index in [9.17, 15) is 4.79 Å². The fourth-order valence-electron chi connectivity index (χ4n) is 1.49. The molecule has 1 aliphatic rings.